The highest BCUT2D eigenvalue weighted by Crippen LogP contribution is 2.50. The third kappa shape index (κ3) is 2.82. The van der Waals surface area contributed by atoms with Crippen LogP contribution in [0.4, 0.5) is 23.8 Å². The lowest BCUT2D eigenvalue weighted by atomic mass is 9.86. The number of cyclic esters (lactones) is 1. The lowest BCUT2D eigenvalue weighted by molar-refractivity contribution is -0.0497. The quantitative estimate of drug-likeness (QED) is 0.764. The van der Waals surface area contributed by atoms with E-state index in [-0.39, 0.29) is 18.0 Å². The predicted molar refractivity (Wildman–Crippen MR) is 92.8 cm³/mol. The normalized spacial score (nSPS) is 20.8. The van der Waals surface area contributed by atoms with E-state index in [2.05, 4.69) is 9.72 Å². The van der Waals surface area contributed by atoms with Crippen molar-refractivity contribution in [2.24, 2.45) is 0 Å². The first-order chi connectivity index (χ1) is 13.5. The fraction of sp³-hybridized carbons (Fsp3) is 0.278. The summed E-state index contributed by atoms with van der Waals surface area (Å²) in [6.45, 7) is -3.27. The molecule has 2 aliphatic rings. The van der Waals surface area contributed by atoms with Gasteiger partial charge in [-0.3, -0.25) is 0 Å². The van der Waals surface area contributed by atoms with Crippen LogP contribution < -0.4 is 9.64 Å². The summed E-state index contributed by atoms with van der Waals surface area (Å²) in [5.41, 5.74) is -0.600. The molecule has 2 aliphatic heterocycles. The number of anilines is 1. The highest BCUT2D eigenvalue weighted by atomic mass is 32.2. The smallest absolute Gasteiger partial charge is 0.416 e. The molecule has 1 aromatic carbocycles. The number of aromatic nitrogens is 1. The highest BCUT2D eigenvalue weighted by Gasteiger charge is 2.53. The fourth-order valence-electron chi connectivity index (χ4n) is 3.48. The minimum Gasteiger partial charge on any atom is -0.446 e. The van der Waals surface area contributed by atoms with Crippen LogP contribution in [0, 0.1) is 17.1 Å². The number of nitriles is 1. The van der Waals surface area contributed by atoms with E-state index in [4.69, 9.17) is 10.00 Å². The summed E-state index contributed by atoms with van der Waals surface area (Å²) >= 11 is 1.31. The van der Waals surface area contributed by atoms with Gasteiger partial charge in [0.05, 0.1) is 5.56 Å². The molecule has 0 radical (unpaired) electrons. The van der Waals surface area contributed by atoms with Gasteiger partial charge in [0.1, 0.15) is 24.0 Å². The number of ether oxygens (including phenoxy) is 2. The number of pyridine rings is 1. The molecule has 144 valence electrons. The van der Waals surface area contributed by atoms with Crippen LogP contribution in [0.25, 0.3) is 0 Å². The Bertz CT molecular complexity index is 998. The number of hydrogen-bond donors (Lipinski definition) is 0. The number of alkyl halides is 2. The molecule has 0 aliphatic carbocycles. The molecule has 1 saturated heterocycles. The number of benzene rings is 1. The molecule has 0 unspecified atom stereocenters. The molecule has 0 bridgehead atoms. The van der Waals surface area contributed by atoms with Crippen molar-refractivity contribution in [2.75, 3.05) is 17.3 Å². The fourth-order valence-corrected chi connectivity index (χ4v) is 4.75. The zero-order chi connectivity index (χ0) is 19.9. The van der Waals surface area contributed by atoms with Gasteiger partial charge in [-0.1, -0.05) is 12.1 Å². The van der Waals surface area contributed by atoms with Crippen molar-refractivity contribution in [3.05, 3.63) is 47.4 Å². The number of rotatable bonds is 3. The van der Waals surface area contributed by atoms with Crippen molar-refractivity contribution in [3.8, 4) is 11.8 Å². The van der Waals surface area contributed by atoms with Gasteiger partial charge in [-0.05, 0) is 18.1 Å². The van der Waals surface area contributed by atoms with Gasteiger partial charge in [-0.25, -0.2) is 19.1 Å². The molecule has 0 saturated carbocycles. The van der Waals surface area contributed by atoms with Crippen LogP contribution >= 0.6 is 11.8 Å². The summed E-state index contributed by atoms with van der Waals surface area (Å²) < 4.78 is 49.9. The lowest BCUT2D eigenvalue weighted by Crippen LogP contribution is -2.47. The maximum absolute atomic E-state index is 14.3. The molecule has 28 heavy (non-hydrogen) atoms. The Balaban J connectivity index is 1.90. The largest absolute Gasteiger partial charge is 0.446 e. The van der Waals surface area contributed by atoms with E-state index in [9.17, 15) is 18.0 Å². The second-order valence-corrected chi connectivity index (χ2v) is 7.28. The molecular formula is C18H12F3N3O3S. The summed E-state index contributed by atoms with van der Waals surface area (Å²) in [6, 6.07) is 7.38. The Morgan fingerprint density at radius 3 is 3.00 bits per heavy atom. The van der Waals surface area contributed by atoms with Crippen LogP contribution in [0.3, 0.4) is 0 Å². The van der Waals surface area contributed by atoms with Crippen molar-refractivity contribution in [1.29, 1.82) is 5.26 Å². The van der Waals surface area contributed by atoms with Crippen molar-refractivity contribution in [3.63, 3.8) is 0 Å². The first-order valence-corrected chi connectivity index (χ1v) is 9.18. The number of amides is 1. The van der Waals surface area contributed by atoms with Gasteiger partial charge < -0.3 is 9.47 Å². The van der Waals surface area contributed by atoms with Gasteiger partial charge in [0, 0.05) is 22.9 Å². The van der Waals surface area contributed by atoms with E-state index in [0.717, 1.165) is 17.2 Å². The van der Waals surface area contributed by atoms with E-state index < -0.39 is 29.8 Å². The van der Waals surface area contributed by atoms with Crippen LogP contribution in [0.2, 0.25) is 0 Å². The number of thioether (sulfide) groups is 1. The number of hydrogen-bond acceptors (Lipinski definition) is 6. The Kier molecular flexibility index (Phi) is 4.55. The summed E-state index contributed by atoms with van der Waals surface area (Å²) in [5, 5.41) is 9.02. The minimum absolute atomic E-state index is 0.00772. The average molecular weight is 407 g/mol. The molecule has 4 rings (SSSR count). The second kappa shape index (κ2) is 6.91. The molecule has 0 N–H and O–H groups in total. The van der Waals surface area contributed by atoms with Crippen LogP contribution in [-0.4, -0.2) is 30.0 Å². The van der Waals surface area contributed by atoms with Gasteiger partial charge in [0.15, 0.2) is 11.6 Å². The summed E-state index contributed by atoms with van der Waals surface area (Å²) in [6.07, 6.45) is 0.741. The predicted octanol–water partition coefficient (Wildman–Crippen LogP) is 4.04. The van der Waals surface area contributed by atoms with Gasteiger partial charge in [-0.2, -0.15) is 14.0 Å². The van der Waals surface area contributed by atoms with Crippen molar-refractivity contribution in [1.82, 2.24) is 4.98 Å². The molecular weight excluding hydrogens is 395 g/mol. The van der Waals surface area contributed by atoms with Crippen molar-refractivity contribution >= 4 is 23.7 Å². The highest BCUT2D eigenvalue weighted by molar-refractivity contribution is 7.99. The van der Waals surface area contributed by atoms with Crippen LogP contribution in [-0.2, 0) is 10.3 Å². The molecule has 2 aromatic rings. The molecule has 1 spiro atoms. The molecule has 1 fully saturated rings. The van der Waals surface area contributed by atoms with E-state index in [0.29, 0.717) is 22.6 Å². The molecule has 10 heteroatoms. The SMILES string of the molecule is N#Cc1cnc(N2C(=O)OC[C@@]23CCSc2c(F)cccc23)c(OC(F)F)c1. The number of carbonyl (C=O) groups is 1. The monoisotopic (exact) mass is 407 g/mol. The van der Waals surface area contributed by atoms with E-state index >= 15 is 0 Å². The van der Waals surface area contributed by atoms with E-state index in [1.165, 1.54) is 23.9 Å². The van der Waals surface area contributed by atoms with Gasteiger partial charge in [0.25, 0.3) is 0 Å². The Labute approximate surface area is 161 Å². The zero-order valence-electron chi connectivity index (χ0n) is 14.2. The van der Waals surface area contributed by atoms with Crippen LogP contribution in [0.15, 0.2) is 35.4 Å². The lowest BCUT2D eigenvalue weighted by Gasteiger charge is -2.39. The first-order valence-electron chi connectivity index (χ1n) is 8.20. The molecule has 1 amide bonds. The summed E-state index contributed by atoms with van der Waals surface area (Å²) in [4.78, 5) is 18.1. The summed E-state index contributed by atoms with van der Waals surface area (Å²) in [5.74, 6) is -0.576. The second-order valence-electron chi connectivity index (χ2n) is 6.17. The number of nitrogens with zero attached hydrogens (tertiary/aromatic N) is 3. The number of fused-ring (bicyclic) bond motifs is 2. The molecule has 1 aromatic heterocycles. The third-order valence-corrected chi connectivity index (χ3v) is 5.78. The molecule has 3 heterocycles. The van der Waals surface area contributed by atoms with Crippen LogP contribution in [0.5, 0.6) is 5.75 Å². The Morgan fingerprint density at radius 2 is 2.25 bits per heavy atom. The van der Waals surface area contributed by atoms with Crippen molar-refractivity contribution < 1.29 is 27.4 Å². The van der Waals surface area contributed by atoms with Gasteiger partial charge in [0.2, 0.25) is 0 Å². The standard InChI is InChI=1S/C18H12F3N3O3S/c19-12-3-1-2-11-14(12)28-5-4-18(11)9-26-17(25)24(18)15-13(27-16(20)21)6-10(7-22)8-23-15/h1-3,6,8,16H,4-5,9H2/t18-/m1/s1. The maximum Gasteiger partial charge on any atom is 0.416 e. The summed E-state index contributed by atoms with van der Waals surface area (Å²) in [7, 11) is 0. The van der Waals surface area contributed by atoms with Crippen LogP contribution in [0.1, 0.15) is 17.5 Å². The minimum atomic E-state index is -3.18. The maximum atomic E-state index is 14.3. The van der Waals surface area contributed by atoms with Gasteiger partial charge >= 0.3 is 12.7 Å². The number of carbonyl (C=O) groups excluding carboxylic acids is 1. The molecule has 1 atom stereocenters. The number of halogens is 3. The Hall–Kier alpha value is -2.93. The van der Waals surface area contributed by atoms with E-state index in [1.54, 1.807) is 12.1 Å². The zero-order valence-corrected chi connectivity index (χ0v) is 15.0. The topological polar surface area (TPSA) is 75.5 Å². The first kappa shape index (κ1) is 18.4. The third-order valence-electron chi connectivity index (χ3n) is 4.67. The van der Waals surface area contributed by atoms with E-state index in [1.807, 2.05) is 0 Å². The Morgan fingerprint density at radius 1 is 1.43 bits per heavy atom. The molecule has 6 nitrogen and oxygen atoms in total. The van der Waals surface area contributed by atoms with Gasteiger partial charge in [-0.15, -0.1) is 11.8 Å². The van der Waals surface area contributed by atoms with Crippen molar-refractivity contribution in [2.45, 2.75) is 23.5 Å². The average Bonchev–Trinajstić information content (AvgIpc) is 2.99.